The Bertz CT molecular complexity index is 2800. The number of ether oxygens (including phenoxy) is 2. The first-order valence-electron chi connectivity index (χ1n) is 21.4. The SMILES string of the molecule is C=C[C@@H]1C[C@]1(NC(=O)[C@@H]1C[C@@H](Oc2cc(-c3ccccc3)nc3cc(OC)ccc23)CN1C(=O)[C@H](CNC(=O)C(Cl)c1ccccc1)N(C(=O)O)C(C)(C)C)C(=O)NS(=O)(=O)c1ccccc1. The summed E-state index contributed by atoms with van der Waals surface area (Å²) in [5.74, 6) is -3.18. The number of benzene rings is 4. The molecule has 2 heterocycles. The summed E-state index contributed by atoms with van der Waals surface area (Å²) in [5.41, 5.74) is -0.638. The summed E-state index contributed by atoms with van der Waals surface area (Å²) in [6, 6.07) is 29.1. The molecule has 4 aromatic carbocycles. The number of nitrogens with one attached hydrogen (secondary N) is 3. The number of rotatable bonds is 16. The second kappa shape index (κ2) is 19.5. The molecular weight excluding hydrogens is 900 g/mol. The zero-order valence-corrected chi connectivity index (χ0v) is 38.8. The van der Waals surface area contributed by atoms with Crippen molar-refractivity contribution in [3.8, 4) is 22.8 Å². The lowest BCUT2D eigenvalue weighted by atomic mass is 10.0. The van der Waals surface area contributed by atoms with Gasteiger partial charge in [0.2, 0.25) is 17.7 Å². The highest BCUT2D eigenvalue weighted by molar-refractivity contribution is 7.90. The highest BCUT2D eigenvalue weighted by Gasteiger charge is 2.61. The summed E-state index contributed by atoms with van der Waals surface area (Å²) >= 11 is 6.54. The molecule has 18 heteroatoms. The molecule has 1 aliphatic heterocycles. The van der Waals surface area contributed by atoms with E-state index in [9.17, 15) is 32.7 Å². The van der Waals surface area contributed by atoms with Crippen molar-refractivity contribution in [2.24, 2.45) is 5.92 Å². The number of hydrogen-bond donors (Lipinski definition) is 4. The molecule has 1 aromatic heterocycles. The maximum Gasteiger partial charge on any atom is 0.408 e. The Morgan fingerprint density at radius 2 is 1.61 bits per heavy atom. The third kappa shape index (κ3) is 10.4. The van der Waals surface area contributed by atoms with E-state index in [2.05, 4.69) is 21.9 Å². The molecule has 7 rings (SSSR count). The van der Waals surface area contributed by atoms with Crippen molar-refractivity contribution in [3.63, 3.8) is 0 Å². The van der Waals surface area contributed by atoms with Crippen LogP contribution in [0.15, 0.2) is 133 Å². The molecule has 1 saturated heterocycles. The Kier molecular flexibility index (Phi) is 13.9. The third-order valence-corrected chi connectivity index (χ3v) is 13.6. The summed E-state index contributed by atoms with van der Waals surface area (Å²) in [6.45, 7) is 7.75. The first-order chi connectivity index (χ1) is 31.9. The topological polar surface area (TPSA) is 214 Å². The minimum atomic E-state index is -4.37. The fourth-order valence-electron chi connectivity index (χ4n) is 8.35. The molecule has 1 saturated carbocycles. The van der Waals surface area contributed by atoms with E-state index in [1.807, 2.05) is 30.3 Å². The zero-order chi connectivity index (χ0) is 48.3. The fraction of sp³-hybridized carbons (Fsp3) is 0.306. The van der Waals surface area contributed by atoms with Crippen molar-refractivity contribution < 1.29 is 47.0 Å². The Morgan fingerprint density at radius 3 is 2.21 bits per heavy atom. The highest BCUT2D eigenvalue weighted by Crippen LogP contribution is 2.45. The van der Waals surface area contributed by atoms with E-state index in [1.54, 1.807) is 81.4 Å². The first kappa shape index (κ1) is 48.0. The van der Waals surface area contributed by atoms with Gasteiger partial charge in [-0.1, -0.05) is 84.9 Å². The fourth-order valence-corrected chi connectivity index (χ4v) is 9.63. The van der Waals surface area contributed by atoms with Crippen LogP contribution in [0.2, 0.25) is 0 Å². The monoisotopic (exact) mass is 950 g/mol. The zero-order valence-electron chi connectivity index (χ0n) is 37.2. The second-order valence-electron chi connectivity index (χ2n) is 17.3. The van der Waals surface area contributed by atoms with Crippen molar-refractivity contribution >= 4 is 62.2 Å². The molecule has 5 amide bonds. The summed E-state index contributed by atoms with van der Waals surface area (Å²) in [6.07, 6.45) is -1.12. The van der Waals surface area contributed by atoms with Crippen LogP contribution in [0.5, 0.6) is 11.5 Å². The summed E-state index contributed by atoms with van der Waals surface area (Å²) in [4.78, 5) is 77.4. The Hall–Kier alpha value is -6.98. The van der Waals surface area contributed by atoms with Gasteiger partial charge in [-0.3, -0.25) is 24.1 Å². The molecule has 4 N–H and O–H groups in total. The third-order valence-electron chi connectivity index (χ3n) is 11.8. The molecule has 0 bridgehead atoms. The van der Waals surface area contributed by atoms with Gasteiger partial charge in [-0.05, 0) is 57.0 Å². The Labute approximate surface area is 393 Å². The van der Waals surface area contributed by atoms with Gasteiger partial charge in [-0.15, -0.1) is 18.2 Å². The van der Waals surface area contributed by atoms with Gasteiger partial charge < -0.3 is 30.1 Å². The lowest BCUT2D eigenvalue weighted by molar-refractivity contribution is -0.144. The predicted molar refractivity (Wildman–Crippen MR) is 251 cm³/mol. The minimum absolute atomic E-state index is 0.000186. The van der Waals surface area contributed by atoms with Crippen LogP contribution in [0, 0.1) is 5.92 Å². The number of sulfonamides is 1. The van der Waals surface area contributed by atoms with Gasteiger partial charge in [0.25, 0.3) is 15.9 Å². The van der Waals surface area contributed by atoms with E-state index in [0.717, 1.165) is 10.5 Å². The smallest absolute Gasteiger partial charge is 0.408 e. The summed E-state index contributed by atoms with van der Waals surface area (Å²) in [7, 11) is -2.84. The van der Waals surface area contributed by atoms with Gasteiger partial charge >= 0.3 is 6.09 Å². The van der Waals surface area contributed by atoms with Crippen molar-refractivity contribution in [1.82, 2.24) is 30.1 Å². The van der Waals surface area contributed by atoms with Gasteiger partial charge in [0, 0.05) is 47.5 Å². The molecule has 1 unspecified atom stereocenters. The van der Waals surface area contributed by atoms with Crippen LogP contribution in [0.3, 0.4) is 0 Å². The van der Waals surface area contributed by atoms with E-state index in [4.69, 9.17) is 26.1 Å². The maximum atomic E-state index is 15.2. The molecular formula is C49H51ClN6O10S. The highest BCUT2D eigenvalue weighted by atomic mass is 35.5. The molecule has 5 aromatic rings. The van der Waals surface area contributed by atoms with Crippen LogP contribution < -0.4 is 24.8 Å². The lowest BCUT2D eigenvalue weighted by Gasteiger charge is -2.41. The quantitative estimate of drug-likeness (QED) is 0.0659. The van der Waals surface area contributed by atoms with Crippen LogP contribution in [0.1, 0.15) is 44.6 Å². The minimum Gasteiger partial charge on any atom is -0.497 e. The number of carbonyl (C=O) groups is 5. The van der Waals surface area contributed by atoms with Gasteiger partial charge in [-0.2, -0.15) is 0 Å². The number of halogens is 1. The van der Waals surface area contributed by atoms with E-state index in [1.165, 1.54) is 42.4 Å². The number of alkyl halides is 1. The number of methoxy groups -OCH3 is 1. The molecule has 6 atom stereocenters. The predicted octanol–water partition coefficient (Wildman–Crippen LogP) is 6.07. The number of nitrogens with zero attached hydrogens (tertiary/aromatic N) is 3. The summed E-state index contributed by atoms with van der Waals surface area (Å²) < 4.78 is 40.9. The van der Waals surface area contributed by atoms with Gasteiger partial charge in [0.05, 0.1) is 29.8 Å². The van der Waals surface area contributed by atoms with Crippen LogP contribution in [-0.2, 0) is 29.2 Å². The number of carbonyl (C=O) groups excluding carboxylic acids is 4. The van der Waals surface area contributed by atoms with Crippen LogP contribution in [0.25, 0.3) is 22.2 Å². The number of carboxylic acid groups (broad SMARTS) is 1. The van der Waals surface area contributed by atoms with Crippen molar-refractivity contribution in [2.45, 2.75) is 73.2 Å². The maximum absolute atomic E-state index is 15.2. The first-order valence-corrected chi connectivity index (χ1v) is 23.4. The Morgan fingerprint density at radius 1 is 0.970 bits per heavy atom. The number of pyridine rings is 1. The van der Waals surface area contributed by atoms with Gasteiger partial charge in [0.15, 0.2) is 0 Å². The molecule has 0 spiro atoms. The van der Waals surface area contributed by atoms with Crippen LogP contribution in [-0.4, -0.2) is 107 Å². The number of aromatic nitrogens is 1. The van der Waals surface area contributed by atoms with Crippen molar-refractivity contribution in [2.75, 3.05) is 20.2 Å². The Balaban J connectivity index is 1.25. The molecule has 67 heavy (non-hydrogen) atoms. The van der Waals surface area contributed by atoms with E-state index < -0.39 is 86.9 Å². The van der Waals surface area contributed by atoms with Gasteiger partial charge in [0.1, 0.15) is 40.6 Å². The standard InChI is InChI=1S/C49H51ClN6O10S/c1-6-32-27-49(32,46(60)54-67(63,64)35-20-14-9-15-21-35)53-43(57)39-25-34(66-41-26-37(30-16-10-7-11-17-30)52-38-24-33(65-5)22-23-36(38)41)29-55(39)45(59)40(56(47(61)62)48(2,3)4)28-51-44(58)42(50)31-18-12-8-13-19-31/h6-24,26,32,34,39-40,42H,1,25,27-29H2,2-5H3,(H,51,58)(H,53,57)(H,54,60)(H,61,62)/t32-,34-,39+,40+,42?,49-/m1/s1. The average Bonchev–Trinajstić information content (AvgIpc) is 3.88. The molecule has 2 aliphatic rings. The lowest BCUT2D eigenvalue weighted by Crippen LogP contribution is -2.63. The molecule has 2 fully saturated rings. The average molecular weight is 951 g/mol. The molecule has 0 radical (unpaired) electrons. The van der Waals surface area contributed by atoms with Gasteiger partial charge in [-0.25, -0.2) is 22.9 Å². The largest absolute Gasteiger partial charge is 0.497 e. The molecule has 16 nitrogen and oxygen atoms in total. The molecule has 350 valence electrons. The summed E-state index contributed by atoms with van der Waals surface area (Å²) in [5, 5.41) is 15.5. The van der Waals surface area contributed by atoms with Crippen LogP contribution >= 0.6 is 11.6 Å². The number of fused-ring (bicyclic) bond motifs is 1. The van der Waals surface area contributed by atoms with E-state index in [-0.39, 0.29) is 24.3 Å². The van der Waals surface area contributed by atoms with Crippen LogP contribution in [0.4, 0.5) is 4.79 Å². The van der Waals surface area contributed by atoms with E-state index >= 15 is 4.79 Å². The number of hydrogen-bond acceptors (Lipinski definition) is 10. The van der Waals surface area contributed by atoms with Crippen molar-refractivity contribution in [1.29, 1.82) is 0 Å². The normalized spacial score (nSPS) is 19.9. The number of likely N-dealkylation sites (tertiary alicyclic amines) is 1. The molecule has 1 aliphatic carbocycles. The second-order valence-corrected chi connectivity index (χ2v) is 19.5. The van der Waals surface area contributed by atoms with E-state index in [0.29, 0.717) is 33.7 Å². The van der Waals surface area contributed by atoms with Crippen molar-refractivity contribution in [3.05, 3.63) is 133 Å². The number of amides is 5.